The highest BCUT2D eigenvalue weighted by atomic mass is 32.2. The van der Waals surface area contributed by atoms with E-state index in [0.717, 1.165) is 36.3 Å². The maximum Gasteiger partial charge on any atom is 0.343 e. The number of carbonyl (C=O) groups excluding carboxylic acids is 3. The van der Waals surface area contributed by atoms with E-state index in [2.05, 4.69) is 4.72 Å². The molecule has 4 rings (SSSR count). The Morgan fingerprint density at radius 3 is 2.16 bits per heavy atom. The molecular formula is C26H23FN2O7S. The highest BCUT2D eigenvalue weighted by molar-refractivity contribution is 7.92. The second kappa shape index (κ2) is 10.4. The molecule has 1 aliphatic heterocycles. The van der Waals surface area contributed by atoms with Gasteiger partial charge in [0.05, 0.1) is 35.4 Å². The summed E-state index contributed by atoms with van der Waals surface area (Å²) in [5.74, 6) is -2.30. The summed E-state index contributed by atoms with van der Waals surface area (Å²) in [7, 11) is -3.05. The summed E-state index contributed by atoms with van der Waals surface area (Å²) in [4.78, 5) is 38.9. The molecule has 0 unspecified atom stereocenters. The molecule has 0 fully saturated rings. The highest BCUT2D eigenvalue weighted by Gasteiger charge is 2.35. The van der Waals surface area contributed by atoms with Crippen LogP contribution in [-0.4, -0.2) is 51.4 Å². The van der Waals surface area contributed by atoms with Crippen molar-refractivity contribution in [2.45, 2.75) is 18.2 Å². The second-order valence-electron chi connectivity index (χ2n) is 8.04. The average Bonchev–Trinajstić information content (AvgIpc) is 3.13. The van der Waals surface area contributed by atoms with Crippen molar-refractivity contribution in [2.24, 2.45) is 0 Å². The maximum absolute atomic E-state index is 13.3. The number of esters is 1. The van der Waals surface area contributed by atoms with Crippen molar-refractivity contribution in [3.05, 3.63) is 88.7 Å². The van der Waals surface area contributed by atoms with E-state index in [1.165, 1.54) is 6.07 Å². The Bertz CT molecular complexity index is 1450. The first-order chi connectivity index (χ1) is 17.7. The molecule has 0 aromatic heterocycles. The molecule has 3 aromatic rings. The molecular weight excluding hydrogens is 503 g/mol. The Labute approximate surface area is 212 Å². The first kappa shape index (κ1) is 25.8. The van der Waals surface area contributed by atoms with Crippen LogP contribution in [0.1, 0.15) is 43.6 Å². The first-order valence-electron chi connectivity index (χ1n) is 11.3. The number of rotatable bonds is 9. The molecule has 192 valence electrons. The lowest BCUT2D eigenvalue weighted by atomic mass is 10.0. The molecule has 0 aliphatic carbocycles. The molecule has 1 N–H and O–H groups in total. The molecule has 37 heavy (non-hydrogen) atoms. The second-order valence-corrected chi connectivity index (χ2v) is 9.72. The predicted octanol–water partition coefficient (Wildman–Crippen LogP) is 3.65. The molecule has 1 heterocycles. The zero-order valence-electron chi connectivity index (χ0n) is 20.0. The van der Waals surface area contributed by atoms with Gasteiger partial charge in [0.1, 0.15) is 23.7 Å². The van der Waals surface area contributed by atoms with Crippen molar-refractivity contribution in [3.8, 4) is 5.75 Å². The van der Waals surface area contributed by atoms with Gasteiger partial charge in [-0.15, -0.1) is 0 Å². The average molecular weight is 527 g/mol. The van der Waals surface area contributed by atoms with Crippen LogP contribution < -0.4 is 9.46 Å². The smallest absolute Gasteiger partial charge is 0.343 e. The van der Waals surface area contributed by atoms with Crippen LogP contribution in [-0.2, 0) is 21.2 Å². The first-order valence-corrected chi connectivity index (χ1v) is 12.8. The number of hydrogen-bond acceptors (Lipinski definition) is 7. The number of fused-ring (bicyclic) bond motifs is 1. The minimum Gasteiger partial charge on any atom is -0.490 e. The van der Waals surface area contributed by atoms with Gasteiger partial charge in [-0.2, -0.15) is 0 Å². The summed E-state index contributed by atoms with van der Waals surface area (Å²) in [6.07, 6.45) is 0.428. The summed E-state index contributed by atoms with van der Waals surface area (Å²) in [6.45, 7) is 1.56. The number of anilines is 1. The quantitative estimate of drug-likeness (QED) is 0.334. The third kappa shape index (κ3) is 5.03. The van der Waals surface area contributed by atoms with Crippen LogP contribution in [0.3, 0.4) is 0 Å². The monoisotopic (exact) mass is 526 g/mol. The normalized spacial score (nSPS) is 12.9. The number of hydrogen-bond donors (Lipinski definition) is 1. The van der Waals surface area contributed by atoms with E-state index in [4.69, 9.17) is 9.47 Å². The summed E-state index contributed by atoms with van der Waals surface area (Å²) >= 11 is 0. The molecule has 0 bridgehead atoms. The van der Waals surface area contributed by atoms with E-state index in [1.807, 2.05) is 6.92 Å². The summed E-state index contributed by atoms with van der Waals surface area (Å²) in [5, 5.41) is 0. The number of benzene rings is 3. The molecule has 0 spiro atoms. The molecule has 0 radical (unpaired) electrons. The zero-order valence-corrected chi connectivity index (χ0v) is 20.8. The van der Waals surface area contributed by atoms with E-state index >= 15 is 0 Å². The molecule has 9 nitrogen and oxygen atoms in total. The minimum atomic E-state index is -4.19. The number of aryl methyl sites for hydroxylation is 1. The minimum absolute atomic E-state index is 0.0604. The number of nitrogens with one attached hydrogen (secondary N) is 1. The lowest BCUT2D eigenvalue weighted by Crippen LogP contribution is -2.33. The van der Waals surface area contributed by atoms with Gasteiger partial charge >= 0.3 is 5.97 Å². The van der Waals surface area contributed by atoms with Gasteiger partial charge in [-0.3, -0.25) is 19.2 Å². The maximum atomic E-state index is 13.3. The Morgan fingerprint density at radius 2 is 1.59 bits per heavy atom. The molecule has 0 saturated heterocycles. The van der Waals surface area contributed by atoms with Gasteiger partial charge in [-0.25, -0.2) is 17.6 Å². The SMILES string of the molecule is CCc1ccc(NS(=O)(=O)c2ccc(F)cc2)c(C(=O)OC)c1OCCN1C(=O)c2ccccc2C1=O. The number of ether oxygens (including phenoxy) is 2. The molecule has 2 amide bonds. The Kier molecular flexibility index (Phi) is 7.25. The lowest BCUT2D eigenvalue weighted by Gasteiger charge is -2.20. The van der Waals surface area contributed by atoms with Crippen molar-refractivity contribution >= 4 is 33.5 Å². The van der Waals surface area contributed by atoms with Crippen molar-refractivity contribution in [2.75, 3.05) is 25.0 Å². The zero-order chi connectivity index (χ0) is 26.7. The molecule has 0 atom stereocenters. The van der Waals surface area contributed by atoms with E-state index in [-0.39, 0.29) is 35.0 Å². The van der Waals surface area contributed by atoms with Crippen molar-refractivity contribution in [3.63, 3.8) is 0 Å². The fourth-order valence-corrected chi connectivity index (χ4v) is 5.03. The van der Waals surface area contributed by atoms with Gasteiger partial charge in [-0.1, -0.05) is 25.1 Å². The number of halogens is 1. The van der Waals surface area contributed by atoms with Crippen molar-refractivity contribution in [1.82, 2.24) is 4.90 Å². The number of imide groups is 1. The van der Waals surface area contributed by atoms with Crippen LogP contribution in [0, 0.1) is 5.82 Å². The van der Waals surface area contributed by atoms with Gasteiger partial charge < -0.3 is 9.47 Å². The third-order valence-corrected chi connectivity index (χ3v) is 7.20. The molecule has 1 aliphatic rings. The number of sulfonamides is 1. The van der Waals surface area contributed by atoms with Crippen LogP contribution in [0.15, 0.2) is 65.6 Å². The van der Waals surface area contributed by atoms with E-state index in [9.17, 15) is 27.2 Å². The lowest BCUT2D eigenvalue weighted by molar-refractivity contribution is 0.0583. The predicted molar refractivity (Wildman–Crippen MR) is 132 cm³/mol. The summed E-state index contributed by atoms with van der Waals surface area (Å²) in [6, 6.07) is 13.7. The van der Waals surface area contributed by atoms with E-state index < -0.39 is 33.6 Å². The fraction of sp³-hybridized carbons (Fsp3) is 0.192. The van der Waals surface area contributed by atoms with E-state index in [1.54, 1.807) is 30.3 Å². The van der Waals surface area contributed by atoms with Crippen molar-refractivity contribution < 1.29 is 36.7 Å². The molecule has 11 heteroatoms. The Hall–Kier alpha value is -4.25. The van der Waals surface area contributed by atoms with Gasteiger partial charge in [0, 0.05) is 0 Å². The van der Waals surface area contributed by atoms with Gasteiger partial charge in [0.2, 0.25) is 0 Å². The largest absolute Gasteiger partial charge is 0.490 e. The standard InChI is InChI=1S/C26H23FN2O7S/c1-3-16-8-13-21(28-37(33,34)18-11-9-17(27)10-12-18)22(26(32)35-2)23(16)36-15-14-29-24(30)19-6-4-5-7-20(19)25(29)31/h4-13,28H,3,14-15H2,1-2H3. The van der Waals surface area contributed by atoms with Gasteiger partial charge in [0.15, 0.2) is 0 Å². The van der Waals surface area contributed by atoms with Crippen LogP contribution in [0.4, 0.5) is 10.1 Å². The topological polar surface area (TPSA) is 119 Å². The number of amides is 2. The number of methoxy groups -OCH3 is 1. The summed E-state index contributed by atoms with van der Waals surface area (Å²) < 4.78 is 52.2. The third-order valence-electron chi connectivity index (χ3n) is 5.82. The van der Waals surface area contributed by atoms with Crippen molar-refractivity contribution in [1.29, 1.82) is 0 Å². The van der Waals surface area contributed by atoms with Crippen LogP contribution in [0.25, 0.3) is 0 Å². The molecule has 0 saturated carbocycles. The molecule has 3 aromatic carbocycles. The number of nitrogens with zero attached hydrogens (tertiary/aromatic N) is 1. The van der Waals surface area contributed by atoms with Gasteiger partial charge in [-0.05, 0) is 54.4 Å². The highest BCUT2D eigenvalue weighted by Crippen LogP contribution is 2.34. The number of carbonyl (C=O) groups is 3. The Morgan fingerprint density at radius 1 is 0.973 bits per heavy atom. The van der Waals surface area contributed by atoms with Crippen LogP contribution in [0.2, 0.25) is 0 Å². The fourth-order valence-electron chi connectivity index (χ4n) is 3.96. The van der Waals surface area contributed by atoms with E-state index in [0.29, 0.717) is 23.1 Å². The van der Waals surface area contributed by atoms with Crippen LogP contribution >= 0.6 is 0 Å². The Balaban J connectivity index is 1.62. The van der Waals surface area contributed by atoms with Gasteiger partial charge in [0.25, 0.3) is 21.8 Å². The van der Waals surface area contributed by atoms with Crippen LogP contribution in [0.5, 0.6) is 5.75 Å². The summed E-state index contributed by atoms with van der Waals surface area (Å²) in [5.41, 5.74) is 0.898.